The van der Waals surface area contributed by atoms with Crippen LogP contribution < -0.4 is 15.2 Å². The Bertz CT molecular complexity index is 306. The molecule has 0 bridgehead atoms. The Kier molecular flexibility index (Phi) is 6.43. The van der Waals surface area contributed by atoms with Crippen LogP contribution in [-0.2, 0) is 11.3 Å². The maximum absolute atomic E-state index is 5.74. The predicted molar refractivity (Wildman–Crippen MR) is 67.5 cm³/mol. The van der Waals surface area contributed by atoms with Gasteiger partial charge in [0, 0.05) is 25.8 Å². The molecule has 2 N–H and O–H groups in total. The summed E-state index contributed by atoms with van der Waals surface area (Å²) in [5, 5.41) is 0. The second kappa shape index (κ2) is 7.92. The average Bonchev–Trinajstić information content (AvgIpc) is 2.38. The Hall–Kier alpha value is -1.26. The first-order valence-electron chi connectivity index (χ1n) is 5.81. The molecule has 0 aliphatic heterocycles. The van der Waals surface area contributed by atoms with Gasteiger partial charge in [0.1, 0.15) is 0 Å². The van der Waals surface area contributed by atoms with E-state index in [0.717, 1.165) is 36.5 Å². The van der Waals surface area contributed by atoms with Gasteiger partial charge in [0.15, 0.2) is 11.5 Å². The lowest BCUT2D eigenvalue weighted by Crippen LogP contribution is -2.06. The molecule has 0 saturated heterocycles. The van der Waals surface area contributed by atoms with Crippen molar-refractivity contribution in [3.05, 3.63) is 23.8 Å². The molecule has 0 aliphatic rings. The Morgan fingerprint density at radius 1 is 1.12 bits per heavy atom. The van der Waals surface area contributed by atoms with E-state index in [0.29, 0.717) is 13.2 Å². The van der Waals surface area contributed by atoms with Crippen LogP contribution in [0.15, 0.2) is 18.2 Å². The average molecular weight is 239 g/mol. The van der Waals surface area contributed by atoms with Crippen LogP contribution in [0.25, 0.3) is 0 Å². The number of unbranched alkanes of at least 4 members (excludes halogenated alkanes) is 1. The van der Waals surface area contributed by atoms with Crippen LogP contribution in [0.4, 0.5) is 0 Å². The molecule has 0 amide bonds. The molecule has 0 heterocycles. The summed E-state index contributed by atoms with van der Waals surface area (Å²) in [6.45, 7) is 1.86. The van der Waals surface area contributed by atoms with Crippen LogP contribution in [-0.4, -0.2) is 27.4 Å². The van der Waals surface area contributed by atoms with E-state index in [1.165, 1.54) is 0 Å². The zero-order valence-electron chi connectivity index (χ0n) is 10.6. The molecule has 1 rings (SSSR count). The van der Waals surface area contributed by atoms with Gasteiger partial charge in [-0.1, -0.05) is 12.1 Å². The third kappa shape index (κ3) is 4.24. The van der Waals surface area contributed by atoms with Crippen molar-refractivity contribution in [2.45, 2.75) is 19.4 Å². The minimum Gasteiger partial charge on any atom is -0.493 e. The highest BCUT2D eigenvalue weighted by molar-refractivity contribution is 5.46. The molecule has 0 radical (unpaired) electrons. The van der Waals surface area contributed by atoms with Crippen molar-refractivity contribution in [1.29, 1.82) is 0 Å². The molecule has 0 unspecified atom stereocenters. The van der Waals surface area contributed by atoms with Crippen molar-refractivity contribution in [3.8, 4) is 11.5 Å². The van der Waals surface area contributed by atoms with Crippen molar-refractivity contribution in [2.24, 2.45) is 5.73 Å². The van der Waals surface area contributed by atoms with E-state index in [9.17, 15) is 0 Å². The lowest BCUT2D eigenvalue weighted by atomic mass is 10.2. The number of hydrogen-bond donors (Lipinski definition) is 1. The van der Waals surface area contributed by atoms with E-state index in [-0.39, 0.29) is 0 Å². The summed E-state index contributed by atoms with van der Waals surface area (Å²) in [6.07, 6.45) is 1.94. The zero-order chi connectivity index (χ0) is 12.5. The van der Waals surface area contributed by atoms with Crippen LogP contribution in [0.2, 0.25) is 0 Å². The fourth-order valence-electron chi connectivity index (χ4n) is 1.57. The van der Waals surface area contributed by atoms with Crippen LogP contribution in [0.5, 0.6) is 11.5 Å². The minimum absolute atomic E-state index is 0.449. The summed E-state index contributed by atoms with van der Waals surface area (Å²) < 4.78 is 16.0. The molecule has 96 valence electrons. The van der Waals surface area contributed by atoms with Gasteiger partial charge in [-0.05, 0) is 18.9 Å². The smallest absolute Gasteiger partial charge is 0.165 e. The number of para-hydroxylation sites is 1. The maximum Gasteiger partial charge on any atom is 0.165 e. The van der Waals surface area contributed by atoms with E-state index in [2.05, 4.69) is 0 Å². The highest BCUT2D eigenvalue weighted by atomic mass is 16.5. The predicted octanol–water partition coefficient (Wildman–Crippen LogP) is 1.96. The maximum atomic E-state index is 5.74. The second-order valence-corrected chi connectivity index (χ2v) is 3.70. The summed E-state index contributed by atoms with van der Waals surface area (Å²) in [5.41, 5.74) is 6.64. The van der Waals surface area contributed by atoms with Crippen LogP contribution >= 0.6 is 0 Å². The molecule has 17 heavy (non-hydrogen) atoms. The van der Waals surface area contributed by atoms with E-state index >= 15 is 0 Å². The molecule has 0 fully saturated rings. The van der Waals surface area contributed by atoms with Gasteiger partial charge in [0.05, 0.1) is 13.7 Å². The van der Waals surface area contributed by atoms with Gasteiger partial charge in [-0.25, -0.2) is 0 Å². The number of rotatable bonds is 8. The Morgan fingerprint density at radius 3 is 2.53 bits per heavy atom. The molecule has 0 spiro atoms. The largest absolute Gasteiger partial charge is 0.493 e. The Morgan fingerprint density at radius 2 is 1.88 bits per heavy atom. The van der Waals surface area contributed by atoms with Crippen LogP contribution in [0.3, 0.4) is 0 Å². The number of ether oxygens (including phenoxy) is 3. The molecule has 1 aromatic carbocycles. The highest BCUT2D eigenvalue weighted by Crippen LogP contribution is 2.30. The summed E-state index contributed by atoms with van der Waals surface area (Å²) in [6, 6.07) is 5.75. The first-order valence-corrected chi connectivity index (χ1v) is 5.81. The molecule has 1 aromatic rings. The van der Waals surface area contributed by atoms with Crippen molar-refractivity contribution in [1.82, 2.24) is 0 Å². The number of methoxy groups -OCH3 is 2. The van der Waals surface area contributed by atoms with E-state index < -0.39 is 0 Å². The first kappa shape index (κ1) is 13.8. The minimum atomic E-state index is 0.449. The van der Waals surface area contributed by atoms with Crippen molar-refractivity contribution in [2.75, 3.05) is 27.4 Å². The third-order valence-electron chi connectivity index (χ3n) is 2.49. The van der Waals surface area contributed by atoms with Crippen molar-refractivity contribution < 1.29 is 14.2 Å². The summed E-state index contributed by atoms with van der Waals surface area (Å²) in [4.78, 5) is 0. The lowest BCUT2D eigenvalue weighted by molar-refractivity contribution is 0.183. The molecule has 0 aromatic heterocycles. The van der Waals surface area contributed by atoms with Gasteiger partial charge >= 0.3 is 0 Å². The Balaban J connectivity index is 2.55. The standard InChI is InChI=1S/C13H21NO3/c1-15-8-3-4-9-17-13-11(10-14)6-5-7-12(13)16-2/h5-7H,3-4,8-10,14H2,1-2H3. The van der Waals surface area contributed by atoms with Gasteiger partial charge < -0.3 is 19.9 Å². The molecule has 4 heteroatoms. The first-order chi connectivity index (χ1) is 8.33. The monoisotopic (exact) mass is 239 g/mol. The summed E-state index contributed by atoms with van der Waals surface area (Å²) in [5.74, 6) is 1.50. The fourth-order valence-corrected chi connectivity index (χ4v) is 1.57. The van der Waals surface area contributed by atoms with E-state index in [1.807, 2.05) is 18.2 Å². The molecule has 0 aliphatic carbocycles. The zero-order valence-corrected chi connectivity index (χ0v) is 10.6. The summed E-state index contributed by atoms with van der Waals surface area (Å²) >= 11 is 0. The fraction of sp³-hybridized carbons (Fsp3) is 0.538. The molecule has 0 saturated carbocycles. The van der Waals surface area contributed by atoms with Gasteiger partial charge in [-0.3, -0.25) is 0 Å². The van der Waals surface area contributed by atoms with E-state index in [1.54, 1.807) is 14.2 Å². The Labute approximate surface area is 103 Å². The SMILES string of the molecule is COCCCCOc1c(CN)cccc1OC. The topological polar surface area (TPSA) is 53.7 Å². The number of nitrogens with two attached hydrogens (primary N) is 1. The lowest BCUT2D eigenvalue weighted by Gasteiger charge is -2.14. The van der Waals surface area contributed by atoms with Crippen molar-refractivity contribution >= 4 is 0 Å². The van der Waals surface area contributed by atoms with Crippen LogP contribution in [0, 0.1) is 0 Å². The van der Waals surface area contributed by atoms with Gasteiger partial charge in [0.2, 0.25) is 0 Å². The normalized spacial score (nSPS) is 10.3. The van der Waals surface area contributed by atoms with E-state index in [4.69, 9.17) is 19.9 Å². The summed E-state index contributed by atoms with van der Waals surface area (Å²) in [7, 11) is 3.33. The number of hydrogen-bond acceptors (Lipinski definition) is 4. The number of benzene rings is 1. The third-order valence-corrected chi connectivity index (χ3v) is 2.49. The van der Waals surface area contributed by atoms with Crippen molar-refractivity contribution in [3.63, 3.8) is 0 Å². The molecule has 4 nitrogen and oxygen atoms in total. The van der Waals surface area contributed by atoms with Gasteiger partial charge in [0.25, 0.3) is 0 Å². The molecule has 0 atom stereocenters. The molecular weight excluding hydrogens is 218 g/mol. The van der Waals surface area contributed by atoms with Crippen LogP contribution in [0.1, 0.15) is 18.4 Å². The molecular formula is C13H21NO3. The second-order valence-electron chi connectivity index (χ2n) is 3.70. The quantitative estimate of drug-likeness (QED) is 0.705. The van der Waals surface area contributed by atoms with Gasteiger partial charge in [-0.15, -0.1) is 0 Å². The highest BCUT2D eigenvalue weighted by Gasteiger charge is 2.08. The van der Waals surface area contributed by atoms with Gasteiger partial charge in [-0.2, -0.15) is 0 Å².